The molecule has 2 unspecified atom stereocenters. The van der Waals surface area contributed by atoms with Crippen LogP contribution >= 0.6 is 0 Å². The van der Waals surface area contributed by atoms with Gasteiger partial charge in [0.15, 0.2) is 0 Å². The molecule has 0 spiro atoms. The zero-order chi connectivity index (χ0) is 14.2. The third kappa shape index (κ3) is 2.94. The molecule has 1 amide bonds. The van der Waals surface area contributed by atoms with E-state index >= 15 is 0 Å². The molecule has 2 aliphatic rings. The summed E-state index contributed by atoms with van der Waals surface area (Å²) >= 11 is 0. The fourth-order valence-corrected chi connectivity index (χ4v) is 4.51. The second kappa shape index (κ2) is 5.40. The van der Waals surface area contributed by atoms with Crippen molar-refractivity contribution in [3.05, 3.63) is 0 Å². The molecule has 110 valence electrons. The summed E-state index contributed by atoms with van der Waals surface area (Å²) in [5.74, 6) is 0.899. The summed E-state index contributed by atoms with van der Waals surface area (Å²) in [6.07, 6.45) is 1.98. The zero-order valence-electron chi connectivity index (χ0n) is 11.9. The van der Waals surface area contributed by atoms with E-state index < -0.39 is 9.84 Å². The third-order valence-corrected chi connectivity index (χ3v) is 5.90. The molecule has 0 aromatic heterocycles. The minimum Gasteiger partial charge on any atom is -0.322 e. The molecule has 0 bridgehead atoms. The average molecular weight is 288 g/mol. The summed E-state index contributed by atoms with van der Waals surface area (Å²) in [4.78, 5) is 14.4. The Hall–Kier alpha value is -0.620. The SMILES string of the molecule is CCC1NC(C(C)C)N(C2CCS(=O)(=O)CC2)C1=O. The monoisotopic (exact) mass is 288 g/mol. The number of nitrogens with zero attached hydrogens (tertiary/aromatic N) is 1. The van der Waals surface area contributed by atoms with Crippen molar-refractivity contribution in [2.75, 3.05) is 11.5 Å². The standard InChI is InChI=1S/C13H24N2O3S/c1-4-11-13(16)15(12(14-11)9(2)3)10-5-7-19(17,18)8-6-10/h9-12,14H,4-8H2,1-3H3. The predicted octanol–water partition coefficient (Wildman–Crippen LogP) is 0.756. The van der Waals surface area contributed by atoms with Crippen molar-refractivity contribution in [1.82, 2.24) is 10.2 Å². The van der Waals surface area contributed by atoms with Crippen molar-refractivity contribution in [3.8, 4) is 0 Å². The normalized spacial score (nSPS) is 32.2. The second-order valence-corrected chi connectivity index (χ2v) is 8.25. The maximum atomic E-state index is 12.4. The molecule has 2 fully saturated rings. The molecule has 19 heavy (non-hydrogen) atoms. The second-order valence-electron chi connectivity index (χ2n) is 5.94. The van der Waals surface area contributed by atoms with E-state index in [2.05, 4.69) is 19.2 Å². The van der Waals surface area contributed by atoms with E-state index in [1.807, 2.05) is 11.8 Å². The summed E-state index contributed by atoms with van der Waals surface area (Å²) in [7, 11) is -2.88. The molecule has 0 aromatic rings. The van der Waals surface area contributed by atoms with E-state index in [-0.39, 0.29) is 35.7 Å². The molecule has 2 aliphatic heterocycles. The maximum absolute atomic E-state index is 12.4. The highest BCUT2D eigenvalue weighted by Crippen LogP contribution is 2.27. The number of hydrogen-bond acceptors (Lipinski definition) is 4. The Balaban J connectivity index is 2.14. The van der Waals surface area contributed by atoms with Gasteiger partial charge in [0.1, 0.15) is 9.84 Å². The quantitative estimate of drug-likeness (QED) is 0.832. The van der Waals surface area contributed by atoms with Crippen molar-refractivity contribution < 1.29 is 13.2 Å². The molecule has 0 aromatic carbocycles. The van der Waals surface area contributed by atoms with Crippen LogP contribution in [-0.4, -0.2) is 49.0 Å². The topological polar surface area (TPSA) is 66.5 Å². The van der Waals surface area contributed by atoms with Gasteiger partial charge < -0.3 is 4.90 Å². The summed E-state index contributed by atoms with van der Waals surface area (Å²) in [5.41, 5.74) is 0. The lowest BCUT2D eigenvalue weighted by atomic mass is 10.1. The number of sulfone groups is 1. The average Bonchev–Trinajstić information content (AvgIpc) is 2.67. The van der Waals surface area contributed by atoms with Gasteiger partial charge in [0.05, 0.1) is 23.7 Å². The number of amides is 1. The smallest absolute Gasteiger partial charge is 0.241 e. The fourth-order valence-electron chi connectivity index (χ4n) is 3.04. The van der Waals surface area contributed by atoms with Gasteiger partial charge in [0.2, 0.25) is 5.91 Å². The number of carbonyl (C=O) groups excluding carboxylic acids is 1. The minimum absolute atomic E-state index is 0.0447. The summed E-state index contributed by atoms with van der Waals surface area (Å²) in [6.45, 7) is 6.19. The highest BCUT2D eigenvalue weighted by molar-refractivity contribution is 7.91. The van der Waals surface area contributed by atoms with Crippen molar-refractivity contribution in [2.45, 2.75) is 58.3 Å². The van der Waals surface area contributed by atoms with Crippen LogP contribution in [0.3, 0.4) is 0 Å². The molecule has 0 saturated carbocycles. The van der Waals surface area contributed by atoms with E-state index in [4.69, 9.17) is 0 Å². The first-order valence-electron chi connectivity index (χ1n) is 7.14. The number of carbonyl (C=O) groups is 1. The highest BCUT2D eigenvalue weighted by atomic mass is 32.2. The zero-order valence-corrected chi connectivity index (χ0v) is 12.7. The Bertz CT molecular complexity index is 433. The largest absolute Gasteiger partial charge is 0.322 e. The Morgan fingerprint density at radius 1 is 1.32 bits per heavy atom. The molecule has 2 heterocycles. The van der Waals surface area contributed by atoms with Gasteiger partial charge in [0.25, 0.3) is 0 Å². The van der Waals surface area contributed by atoms with Gasteiger partial charge in [-0.2, -0.15) is 0 Å². The highest BCUT2D eigenvalue weighted by Gasteiger charge is 2.44. The Kier molecular flexibility index (Phi) is 4.20. The molecule has 0 aliphatic carbocycles. The number of hydrogen-bond donors (Lipinski definition) is 1. The molecule has 2 atom stereocenters. The molecule has 2 rings (SSSR count). The van der Waals surface area contributed by atoms with Crippen LogP contribution in [0.25, 0.3) is 0 Å². The molecule has 5 nitrogen and oxygen atoms in total. The lowest BCUT2D eigenvalue weighted by Gasteiger charge is -2.36. The molecule has 2 saturated heterocycles. The predicted molar refractivity (Wildman–Crippen MR) is 74.4 cm³/mol. The Morgan fingerprint density at radius 3 is 2.37 bits per heavy atom. The van der Waals surface area contributed by atoms with Crippen LogP contribution < -0.4 is 5.32 Å². The van der Waals surface area contributed by atoms with Crippen molar-refractivity contribution in [3.63, 3.8) is 0 Å². The summed E-state index contributed by atoms with van der Waals surface area (Å²) in [6, 6.07) is -0.0293. The molecular formula is C13H24N2O3S. The van der Waals surface area contributed by atoms with E-state index in [0.29, 0.717) is 18.8 Å². The van der Waals surface area contributed by atoms with Crippen LogP contribution in [0.4, 0.5) is 0 Å². The van der Waals surface area contributed by atoms with Gasteiger partial charge in [-0.3, -0.25) is 10.1 Å². The van der Waals surface area contributed by atoms with Crippen molar-refractivity contribution >= 4 is 15.7 Å². The third-order valence-electron chi connectivity index (χ3n) is 4.18. The van der Waals surface area contributed by atoms with E-state index in [1.165, 1.54) is 0 Å². The van der Waals surface area contributed by atoms with Gasteiger partial charge in [0, 0.05) is 6.04 Å². The summed E-state index contributed by atoms with van der Waals surface area (Å²) in [5, 5.41) is 3.38. The van der Waals surface area contributed by atoms with Crippen LogP contribution in [0.15, 0.2) is 0 Å². The van der Waals surface area contributed by atoms with Gasteiger partial charge in [-0.25, -0.2) is 8.42 Å². The Labute approximate surface area is 115 Å². The number of rotatable bonds is 3. The van der Waals surface area contributed by atoms with Crippen LogP contribution in [-0.2, 0) is 14.6 Å². The lowest BCUT2D eigenvalue weighted by molar-refractivity contribution is -0.133. The number of nitrogens with one attached hydrogen (secondary N) is 1. The first-order valence-corrected chi connectivity index (χ1v) is 8.96. The van der Waals surface area contributed by atoms with Gasteiger partial charge in [-0.1, -0.05) is 20.8 Å². The van der Waals surface area contributed by atoms with Crippen LogP contribution in [0.1, 0.15) is 40.0 Å². The van der Waals surface area contributed by atoms with Crippen LogP contribution in [0.2, 0.25) is 0 Å². The van der Waals surface area contributed by atoms with Gasteiger partial charge in [-0.15, -0.1) is 0 Å². The van der Waals surface area contributed by atoms with Gasteiger partial charge >= 0.3 is 0 Å². The molecule has 0 radical (unpaired) electrons. The minimum atomic E-state index is -2.88. The van der Waals surface area contributed by atoms with Crippen molar-refractivity contribution in [1.29, 1.82) is 0 Å². The van der Waals surface area contributed by atoms with Crippen LogP contribution in [0.5, 0.6) is 0 Å². The first kappa shape index (κ1) is 14.8. The Morgan fingerprint density at radius 2 is 1.89 bits per heavy atom. The van der Waals surface area contributed by atoms with Crippen molar-refractivity contribution in [2.24, 2.45) is 5.92 Å². The molecule has 1 N–H and O–H groups in total. The first-order chi connectivity index (χ1) is 8.85. The fraction of sp³-hybridized carbons (Fsp3) is 0.923. The summed E-state index contributed by atoms with van der Waals surface area (Å²) < 4.78 is 23.0. The van der Waals surface area contributed by atoms with E-state index in [0.717, 1.165) is 6.42 Å². The van der Waals surface area contributed by atoms with Crippen LogP contribution in [0, 0.1) is 5.92 Å². The maximum Gasteiger partial charge on any atom is 0.241 e. The van der Waals surface area contributed by atoms with E-state index in [9.17, 15) is 13.2 Å². The van der Waals surface area contributed by atoms with E-state index in [1.54, 1.807) is 0 Å². The molecule has 6 heteroatoms. The van der Waals surface area contributed by atoms with Gasteiger partial charge in [-0.05, 0) is 25.2 Å². The lowest BCUT2D eigenvalue weighted by Crippen LogP contribution is -2.50. The molecular weight excluding hydrogens is 264 g/mol.